The third-order valence-corrected chi connectivity index (χ3v) is 4.72. The molecule has 0 aliphatic carbocycles. The third kappa shape index (κ3) is 7.18. The number of carboxylic acids is 4. The molecule has 170 valence electrons. The molecule has 0 aliphatic rings. The molecule has 0 amide bonds. The molecule has 0 saturated carbocycles. The highest BCUT2D eigenvalue weighted by Gasteiger charge is 2.37. The van der Waals surface area contributed by atoms with E-state index in [-0.39, 0.29) is 0 Å². The van der Waals surface area contributed by atoms with Crippen LogP contribution in [0.1, 0.15) is 23.2 Å². The topological polar surface area (TPSA) is 156 Å². The zero-order valence-corrected chi connectivity index (χ0v) is 17.1. The SMILES string of the molecule is O=C(O)CN(CC(=O)O)[C@H](c1ccccc1)[C@H](c1ccccc1)N(CC(=O)O)CC(=O)O. The molecule has 10 heteroatoms. The average Bonchev–Trinajstić information content (AvgIpc) is 2.71. The minimum absolute atomic E-state index is 0.518. The molecule has 0 radical (unpaired) electrons. The van der Waals surface area contributed by atoms with E-state index in [4.69, 9.17) is 0 Å². The second-order valence-corrected chi connectivity index (χ2v) is 7.10. The molecule has 0 unspecified atom stereocenters. The summed E-state index contributed by atoms with van der Waals surface area (Å²) < 4.78 is 0. The number of hydrogen-bond acceptors (Lipinski definition) is 6. The maximum Gasteiger partial charge on any atom is 0.317 e. The summed E-state index contributed by atoms with van der Waals surface area (Å²) in [7, 11) is 0. The van der Waals surface area contributed by atoms with E-state index in [1.165, 1.54) is 9.80 Å². The molecule has 2 aromatic carbocycles. The molecule has 2 rings (SSSR count). The highest BCUT2D eigenvalue weighted by atomic mass is 16.4. The van der Waals surface area contributed by atoms with E-state index in [0.29, 0.717) is 11.1 Å². The lowest BCUT2D eigenvalue weighted by Gasteiger charge is -2.41. The van der Waals surface area contributed by atoms with Gasteiger partial charge in [-0.15, -0.1) is 0 Å². The van der Waals surface area contributed by atoms with Crippen LogP contribution in [0.15, 0.2) is 60.7 Å². The van der Waals surface area contributed by atoms with E-state index in [9.17, 15) is 39.6 Å². The van der Waals surface area contributed by atoms with Gasteiger partial charge >= 0.3 is 23.9 Å². The smallest absolute Gasteiger partial charge is 0.317 e. The average molecular weight is 444 g/mol. The summed E-state index contributed by atoms with van der Waals surface area (Å²) in [5.41, 5.74) is 1.04. The van der Waals surface area contributed by atoms with Crippen LogP contribution in [0, 0.1) is 0 Å². The van der Waals surface area contributed by atoms with Crippen molar-refractivity contribution in [1.29, 1.82) is 0 Å². The Labute approximate surface area is 183 Å². The van der Waals surface area contributed by atoms with Crippen molar-refractivity contribution in [2.24, 2.45) is 0 Å². The molecular weight excluding hydrogens is 420 g/mol. The van der Waals surface area contributed by atoms with E-state index < -0.39 is 62.1 Å². The van der Waals surface area contributed by atoms with Crippen molar-refractivity contribution in [3.05, 3.63) is 71.8 Å². The molecule has 0 aliphatic heterocycles. The fourth-order valence-electron chi connectivity index (χ4n) is 3.69. The maximum absolute atomic E-state index is 11.6. The summed E-state index contributed by atoms with van der Waals surface area (Å²) >= 11 is 0. The lowest BCUT2D eigenvalue weighted by molar-refractivity contribution is -0.148. The van der Waals surface area contributed by atoms with Crippen molar-refractivity contribution in [1.82, 2.24) is 9.80 Å². The van der Waals surface area contributed by atoms with Crippen molar-refractivity contribution in [3.63, 3.8) is 0 Å². The number of aliphatic carboxylic acids is 4. The Morgan fingerprint density at radius 3 is 1.00 bits per heavy atom. The van der Waals surface area contributed by atoms with E-state index in [0.717, 1.165) is 0 Å². The van der Waals surface area contributed by atoms with Gasteiger partial charge in [0.15, 0.2) is 0 Å². The first-order valence-corrected chi connectivity index (χ1v) is 9.64. The summed E-state index contributed by atoms with van der Waals surface area (Å²) in [4.78, 5) is 48.7. The zero-order chi connectivity index (χ0) is 23.7. The molecule has 2 atom stereocenters. The van der Waals surface area contributed by atoms with Gasteiger partial charge in [0.1, 0.15) is 0 Å². The van der Waals surface area contributed by atoms with Crippen LogP contribution in [0.25, 0.3) is 0 Å². The highest BCUT2D eigenvalue weighted by Crippen LogP contribution is 2.38. The summed E-state index contributed by atoms with van der Waals surface area (Å²) in [6.07, 6.45) is 0. The Morgan fingerprint density at radius 2 is 0.781 bits per heavy atom. The second-order valence-electron chi connectivity index (χ2n) is 7.10. The van der Waals surface area contributed by atoms with Crippen LogP contribution >= 0.6 is 0 Å². The Kier molecular flexibility index (Phi) is 8.87. The Balaban J connectivity index is 2.74. The zero-order valence-electron chi connectivity index (χ0n) is 17.1. The van der Waals surface area contributed by atoms with Crippen LogP contribution in [-0.2, 0) is 19.2 Å². The number of benzene rings is 2. The fraction of sp³-hybridized carbons (Fsp3) is 0.273. The van der Waals surface area contributed by atoms with Gasteiger partial charge in [0.25, 0.3) is 0 Å². The molecule has 32 heavy (non-hydrogen) atoms. The van der Waals surface area contributed by atoms with Crippen LogP contribution in [0.5, 0.6) is 0 Å². The Hall–Kier alpha value is -3.76. The third-order valence-electron chi connectivity index (χ3n) is 4.72. The van der Waals surface area contributed by atoms with E-state index in [2.05, 4.69) is 0 Å². The Bertz CT molecular complexity index is 826. The van der Waals surface area contributed by atoms with Gasteiger partial charge in [0.2, 0.25) is 0 Å². The largest absolute Gasteiger partial charge is 0.480 e. The van der Waals surface area contributed by atoms with Gasteiger partial charge in [0.05, 0.1) is 38.3 Å². The highest BCUT2D eigenvalue weighted by molar-refractivity contribution is 5.74. The Morgan fingerprint density at radius 1 is 0.531 bits per heavy atom. The normalized spacial score (nSPS) is 12.9. The first-order valence-electron chi connectivity index (χ1n) is 9.64. The molecule has 0 bridgehead atoms. The predicted octanol–water partition coefficient (Wildman–Crippen LogP) is 1.41. The number of rotatable bonds is 13. The van der Waals surface area contributed by atoms with Gasteiger partial charge in [-0.1, -0.05) is 60.7 Å². The summed E-state index contributed by atoms with van der Waals surface area (Å²) in [5, 5.41) is 37.8. The molecular formula is C22H24N2O8. The van der Waals surface area contributed by atoms with Crippen molar-refractivity contribution in [2.45, 2.75) is 12.1 Å². The molecule has 10 nitrogen and oxygen atoms in total. The number of hydrogen-bond donors (Lipinski definition) is 4. The van der Waals surface area contributed by atoms with Crippen LogP contribution in [-0.4, -0.2) is 80.3 Å². The molecule has 0 spiro atoms. The maximum atomic E-state index is 11.6. The monoisotopic (exact) mass is 444 g/mol. The first kappa shape index (κ1) is 24.5. The predicted molar refractivity (Wildman–Crippen MR) is 112 cm³/mol. The summed E-state index contributed by atoms with van der Waals surface area (Å²) in [6, 6.07) is 14.9. The van der Waals surface area contributed by atoms with Gasteiger partial charge in [-0.3, -0.25) is 29.0 Å². The molecule has 2 aromatic rings. The number of nitrogens with zero attached hydrogens (tertiary/aromatic N) is 2. The van der Waals surface area contributed by atoms with Crippen LogP contribution in [0.2, 0.25) is 0 Å². The lowest BCUT2D eigenvalue weighted by Crippen LogP contribution is -2.47. The quantitative estimate of drug-likeness (QED) is 0.356. The minimum Gasteiger partial charge on any atom is -0.480 e. The molecule has 0 fully saturated rings. The molecule has 0 saturated heterocycles. The van der Waals surface area contributed by atoms with Crippen LogP contribution in [0.4, 0.5) is 0 Å². The van der Waals surface area contributed by atoms with Crippen molar-refractivity contribution < 1.29 is 39.6 Å². The fourth-order valence-corrected chi connectivity index (χ4v) is 3.69. The van der Waals surface area contributed by atoms with Gasteiger partial charge in [0, 0.05) is 0 Å². The minimum atomic E-state index is -1.28. The van der Waals surface area contributed by atoms with Gasteiger partial charge in [-0.05, 0) is 11.1 Å². The molecule has 4 N–H and O–H groups in total. The first-order chi connectivity index (χ1) is 15.2. The second kappa shape index (κ2) is 11.6. The number of carbonyl (C=O) groups is 4. The number of carboxylic acid groups (broad SMARTS) is 4. The van der Waals surface area contributed by atoms with E-state index >= 15 is 0 Å². The van der Waals surface area contributed by atoms with Gasteiger partial charge < -0.3 is 20.4 Å². The van der Waals surface area contributed by atoms with E-state index in [1.54, 1.807) is 60.7 Å². The molecule has 0 heterocycles. The summed E-state index contributed by atoms with van der Waals surface area (Å²) in [5.74, 6) is -5.10. The lowest BCUT2D eigenvalue weighted by atomic mass is 9.90. The van der Waals surface area contributed by atoms with Gasteiger partial charge in [-0.2, -0.15) is 0 Å². The van der Waals surface area contributed by atoms with Gasteiger partial charge in [-0.25, -0.2) is 0 Å². The van der Waals surface area contributed by atoms with E-state index in [1.807, 2.05) is 0 Å². The standard InChI is InChI=1S/C22H24N2O8/c25-17(26)11-23(12-18(27)28)21(15-7-3-1-4-8-15)22(16-9-5-2-6-10-16)24(13-19(29)30)14-20(31)32/h1-10,21-22H,11-14H2,(H,25,26)(H,27,28)(H,29,30)(H,31,32)/t21-,22+. The van der Waals surface area contributed by atoms with Crippen LogP contribution < -0.4 is 0 Å². The van der Waals surface area contributed by atoms with Crippen LogP contribution in [0.3, 0.4) is 0 Å². The van der Waals surface area contributed by atoms with Crippen molar-refractivity contribution in [2.75, 3.05) is 26.2 Å². The van der Waals surface area contributed by atoms with Crippen molar-refractivity contribution >= 4 is 23.9 Å². The molecule has 0 aromatic heterocycles. The van der Waals surface area contributed by atoms with Crippen molar-refractivity contribution in [3.8, 4) is 0 Å². The summed E-state index contributed by atoms with van der Waals surface area (Å²) in [6.45, 7) is -2.60.